The van der Waals surface area contributed by atoms with Gasteiger partial charge in [0, 0.05) is 39.9 Å². The van der Waals surface area contributed by atoms with Gasteiger partial charge in [0.05, 0.1) is 12.6 Å². The summed E-state index contributed by atoms with van der Waals surface area (Å²) in [5, 5.41) is 3.50. The number of rotatable bonds is 5. The normalized spacial score (nSPS) is 20.2. The van der Waals surface area contributed by atoms with Crippen LogP contribution in [0.15, 0.2) is 4.99 Å². The second kappa shape index (κ2) is 9.43. The molecule has 0 aromatic rings. The number of fused-ring (bicyclic) bond motifs is 1. The second-order valence-corrected chi connectivity index (χ2v) is 8.70. The highest BCUT2D eigenvalue weighted by Gasteiger charge is 2.36. The van der Waals surface area contributed by atoms with Gasteiger partial charge in [-0.15, -0.1) is 24.0 Å². The molecular formula is C18H35IN4O3. The van der Waals surface area contributed by atoms with Gasteiger partial charge >= 0.3 is 6.09 Å². The van der Waals surface area contributed by atoms with Crippen LogP contribution >= 0.6 is 24.0 Å². The molecule has 7 nitrogen and oxygen atoms in total. The van der Waals surface area contributed by atoms with E-state index in [1.807, 2.05) is 20.8 Å². The first kappa shape index (κ1) is 23.3. The van der Waals surface area contributed by atoms with Gasteiger partial charge in [-0.1, -0.05) is 13.8 Å². The molecule has 1 N–H and O–H groups in total. The lowest BCUT2D eigenvalue weighted by Crippen LogP contribution is -2.58. The minimum Gasteiger partial charge on any atom is -0.444 e. The molecule has 0 aromatic heterocycles. The zero-order valence-corrected chi connectivity index (χ0v) is 19.3. The van der Waals surface area contributed by atoms with E-state index in [-0.39, 0.29) is 41.5 Å². The highest BCUT2D eigenvalue weighted by atomic mass is 127. The summed E-state index contributed by atoms with van der Waals surface area (Å²) in [4.78, 5) is 21.0. The first-order chi connectivity index (χ1) is 11.6. The van der Waals surface area contributed by atoms with Gasteiger partial charge in [0.25, 0.3) is 0 Å². The third-order valence-corrected chi connectivity index (χ3v) is 4.57. The topological polar surface area (TPSA) is 66.4 Å². The second-order valence-electron chi connectivity index (χ2n) is 8.70. The Labute approximate surface area is 174 Å². The van der Waals surface area contributed by atoms with Crippen LogP contribution in [0.4, 0.5) is 4.79 Å². The molecule has 2 aliphatic rings. The average Bonchev–Trinajstić information content (AvgIpc) is 2.92. The molecule has 0 saturated carbocycles. The predicted octanol–water partition coefficient (Wildman–Crippen LogP) is 2.55. The molecule has 1 amide bonds. The lowest BCUT2D eigenvalue weighted by molar-refractivity contribution is 0.0137. The molecule has 2 aliphatic heterocycles. The Morgan fingerprint density at radius 3 is 2.58 bits per heavy atom. The van der Waals surface area contributed by atoms with Crippen molar-refractivity contribution in [1.29, 1.82) is 0 Å². The van der Waals surface area contributed by atoms with Crippen LogP contribution in [0.2, 0.25) is 0 Å². The molecule has 1 atom stereocenters. The Morgan fingerprint density at radius 1 is 1.27 bits per heavy atom. The number of nitrogens with one attached hydrogen (secondary N) is 1. The number of halogens is 1. The Kier molecular flexibility index (Phi) is 8.44. The smallest absolute Gasteiger partial charge is 0.410 e. The lowest BCUT2D eigenvalue weighted by atomic mass is 9.90. The van der Waals surface area contributed by atoms with Gasteiger partial charge in [-0.25, -0.2) is 4.79 Å². The summed E-state index contributed by atoms with van der Waals surface area (Å²) in [6.07, 6.45) is 0.772. The fourth-order valence-corrected chi connectivity index (χ4v) is 3.01. The highest BCUT2D eigenvalue weighted by molar-refractivity contribution is 14.0. The largest absolute Gasteiger partial charge is 0.444 e. The molecule has 0 bridgehead atoms. The van der Waals surface area contributed by atoms with Gasteiger partial charge < -0.3 is 24.6 Å². The Morgan fingerprint density at radius 2 is 1.96 bits per heavy atom. The van der Waals surface area contributed by atoms with Crippen molar-refractivity contribution in [3.63, 3.8) is 0 Å². The third-order valence-electron chi connectivity index (χ3n) is 4.57. The van der Waals surface area contributed by atoms with Crippen LogP contribution in [0.5, 0.6) is 0 Å². The molecule has 1 fully saturated rings. The van der Waals surface area contributed by atoms with E-state index in [1.165, 1.54) is 0 Å². The van der Waals surface area contributed by atoms with Gasteiger partial charge in [-0.05, 0) is 32.6 Å². The van der Waals surface area contributed by atoms with Crippen LogP contribution in [0.1, 0.15) is 41.0 Å². The number of hydrogen-bond donors (Lipinski definition) is 1. The molecule has 1 unspecified atom stereocenters. The third kappa shape index (κ3) is 6.75. The first-order valence-electron chi connectivity index (χ1n) is 9.13. The monoisotopic (exact) mass is 482 g/mol. The number of carbonyl (C=O) groups excluding carboxylic acids is 1. The summed E-state index contributed by atoms with van der Waals surface area (Å²) in [6.45, 7) is 14.6. The molecule has 0 aromatic carbocycles. The van der Waals surface area contributed by atoms with Crippen molar-refractivity contribution < 1.29 is 14.3 Å². The Hall–Kier alpha value is -0.770. The average molecular weight is 482 g/mol. The Bertz CT molecular complexity index is 505. The van der Waals surface area contributed by atoms with Crippen molar-refractivity contribution in [2.24, 2.45) is 10.4 Å². The SMILES string of the molecule is COCCC(C)(C)CNC1=NCC2CN(C(=O)OC(C)(C)C)CCN12.I. The van der Waals surface area contributed by atoms with Gasteiger partial charge in [0.15, 0.2) is 5.96 Å². The zero-order chi connectivity index (χ0) is 18.7. The number of nitrogens with zero attached hydrogens (tertiary/aromatic N) is 3. The van der Waals surface area contributed by atoms with Crippen molar-refractivity contribution in [2.45, 2.75) is 52.7 Å². The summed E-state index contributed by atoms with van der Waals surface area (Å²) < 4.78 is 10.7. The highest BCUT2D eigenvalue weighted by Crippen LogP contribution is 2.21. The van der Waals surface area contributed by atoms with Crippen molar-refractivity contribution in [1.82, 2.24) is 15.1 Å². The van der Waals surface area contributed by atoms with Crippen LogP contribution in [-0.4, -0.2) is 79.9 Å². The number of aliphatic imine (C=N–C) groups is 1. The molecule has 0 spiro atoms. The van der Waals surface area contributed by atoms with E-state index in [0.29, 0.717) is 13.1 Å². The summed E-state index contributed by atoms with van der Waals surface area (Å²) in [6, 6.07) is 0.242. The number of methoxy groups -OCH3 is 1. The van der Waals surface area contributed by atoms with Crippen molar-refractivity contribution in [3.8, 4) is 0 Å². The fraction of sp³-hybridized carbons (Fsp3) is 0.889. The van der Waals surface area contributed by atoms with Crippen LogP contribution < -0.4 is 5.32 Å². The maximum absolute atomic E-state index is 12.3. The summed E-state index contributed by atoms with van der Waals surface area (Å²) >= 11 is 0. The number of ether oxygens (including phenoxy) is 2. The molecule has 2 rings (SSSR count). The van der Waals surface area contributed by atoms with Gasteiger partial charge in [-0.3, -0.25) is 4.99 Å². The predicted molar refractivity (Wildman–Crippen MR) is 114 cm³/mol. The van der Waals surface area contributed by atoms with Gasteiger partial charge in [0.2, 0.25) is 0 Å². The fourth-order valence-electron chi connectivity index (χ4n) is 3.01. The summed E-state index contributed by atoms with van der Waals surface area (Å²) in [5.74, 6) is 0.958. The molecule has 152 valence electrons. The number of piperazine rings is 1. The van der Waals surface area contributed by atoms with Gasteiger partial charge in [0.1, 0.15) is 5.60 Å². The summed E-state index contributed by atoms with van der Waals surface area (Å²) in [7, 11) is 1.74. The summed E-state index contributed by atoms with van der Waals surface area (Å²) in [5.41, 5.74) is -0.310. The quantitative estimate of drug-likeness (QED) is 0.611. The van der Waals surface area contributed by atoms with Crippen LogP contribution in [0.3, 0.4) is 0 Å². The number of guanidine groups is 1. The van der Waals surface area contributed by atoms with E-state index >= 15 is 0 Å². The maximum atomic E-state index is 12.3. The van der Waals surface area contributed by atoms with E-state index in [1.54, 1.807) is 12.0 Å². The molecule has 2 heterocycles. The van der Waals surface area contributed by atoms with Crippen molar-refractivity contribution in [3.05, 3.63) is 0 Å². The molecule has 0 aliphatic carbocycles. The lowest BCUT2D eigenvalue weighted by Gasteiger charge is -2.39. The van der Waals surface area contributed by atoms with E-state index in [9.17, 15) is 4.79 Å². The standard InChI is InChI=1S/C18H34N4O3.HI/c1-17(2,3)25-16(23)21-8-9-22-14(12-21)11-19-15(22)20-13-18(4,5)7-10-24-6;/h14H,7-13H2,1-6H3,(H,19,20);1H. The van der Waals surface area contributed by atoms with E-state index < -0.39 is 5.60 Å². The van der Waals surface area contributed by atoms with Crippen LogP contribution in [-0.2, 0) is 9.47 Å². The number of hydrogen-bond acceptors (Lipinski definition) is 6. The minimum atomic E-state index is -0.457. The van der Waals surface area contributed by atoms with Crippen LogP contribution in [0.25, 0.3) is 0 Å². The van der Waals surface area contributed by atoms with E-state index in [4.69, 9.17) is 9.47 Å². The first-order valence-corrected chi connectivity index (χ1v) is 9.13. The van der Waals surface area contributed by atoms with Crippen molar-refractivity contribution in [2.75, 3.05) is 46.4 Å². The minimum absolute atomic E-state index is 0. The molecule has 8 heteroatoms. The van der Waals surface area contributed by atoms with Crippen molar-refractivity contribution >= 4 is 36.0 Å². The molecule has 26 heavy (non-hydrogen) atoms. The molecule has 1 saturated heterocycles. The maximum Gasteiger partial charge on any atom is 0.410 e. The number of amides is 1. The Balaban J connectivity index is 0.00000338. The van der Waals surface area contributed by atoms with E-state index in [2.05, 4.69) is 29.1 Å². The van der Waals surface area contributed by atoms with Gasteiger partial charge in [-0.2, -0.15) is 0 Å². The van der Waals surface area contributed by atoms with E-state index in [0.717, 1.165) is 38.6 Å². The van der Waals surface area contributed by atoms with Crippen LogP contribution in [0, 0.1) is 5.41 Å². The zero-order valence-electron chi connectivity index (χ0n) is 17.0. The number of carbonyl (C=O) groups is 1. The molecular weight excluding hydrogens is 447 g/mol. The molecule has 0 radical (unpaired) electrons.